The van der Waals surface area contributed by atoms with Crippen molar-refractivity contribution in [2.75, 3.05) is 5.32 Å². The summed E-state index contributed by atoms with van der Waals surface area (Å²) in [6.07, 6.45) is 16.5. The minimum absolute atomic E-state index is 0. The van der Waals surface area contributed by atoms with Crippen molar-refractivity contribution in [2.24, 2.45) is 10.7 Å². The number of hydrogen-bond donors (Lipinski definition) is 5. The van der Waals surface area contributed by atoms with Crippen LogP contribution >= 0.6 is 11.9 Å². The number of carbonyl (C=O) groups is 1. The van der Waals surface area contributed by atoms with Crippen LogP contribution in [0.4, 0.5) is 10.5 Å². The summed E-state index contributed by atoms with van der Waals surface area (Å²) in [4.78, 5) is 17.1. The summed E-state index contributed by atoms with van der Waals surface area (Å²) in [6.45, 7) is 0. The van der Waals surface area contributed by atoms with Crippen LogP contribution in [-0.4, -0.2) is 36.0 Å². The molecule has 0 saturated heterocycles. The molecule has 1 aromatic carbocycles. The fourth-order valence-corrected chi connectivity index (χ4v) is 5.10. The van der Waals surface area contributed by atoms with Crippen molar-refractivity contribution in [3.8, 4) is 0 Å². The molecule has 2 amide bonds. The van der Waals surface area contributed by atoms with E-state index < -0.39 is 0 Å². The molecular formula is C22H32BN4O3S. The van der Waals surface area contributed by atoms with Gasteiger partial charge in [0.2, 0.25) is 0 Å². The van der Waals surface area contributed by atoms with Gasteiger partial charge in [-0.2, -0.15) is 0 Å². The first-order valence-electron chi connectivity index (χ1n) is 11.1. The van der Waals surface area contributed by atoms with Crippen LogP contribution in [0.5, 0.6) is 0 Å². The highest BCUT2D eigenvalue weighted by Crippen LogP contribution is 2.38. The standard InChI is InChI=1S/C22H30N4OS.BH2O2/c23-20(12-13-24-17-8-2-1-3-9-17)28-26-22(27)25-21-18-10-4-6-15(18)14-16-7-5-11-19(16)21;2-1-3/h12-14,17H,1-11,23H2,(H2,25,26,27);2-3H/b20-12+,24-13?;. The maximum Gasteiger partial charge on any atom is 0.482 e. The fourth-order valence-electron chi connectivity index (χ4n) is 4.71. The molecule has 31 heavy (non-hydrogen) atoms. The smallest absolute Gasteiger partial charge is 0.429 e. The van der Waals surface area contributed by atoms with E-state index in [1.807, 2.05) is 0 Å². The van der Waals surface area contributed by atoms with Gasteiger partial charge in [-0.15, -0.1) is 0 Å². The summed E-state index contributed by atoms with van der Waals surface area (Å²) in [5.41, 5.74) is 12.6. The molecule has 1 aromatic rings. The number of fused-ring (bicyclic) bond motifs is 2. The Balaban J connectivity index is 0.000000858. The summed E-state index contributed by atoms with van der Waals surface area (Å²) in [6, 6.07) is 2.59. The summed E-state index contributed by atoms with van der Waals surface area (Å²) in [5, 5.41) is 17.7. The van der Waals surface area contributed by atoms with Gasteiger partial charge < -0.3 is 21.1 Å². The van der Waals surface area contributed by atoms with Crippen molar-refractivity contribution < 1.29 is 14.8 Å². The SMILES string of the molecule is N/C(=C\C=NC1CCCCC1)SNC(=O)Nc1c2c(cc3c1CCC3)CCC2.O[B]O. The predicted molar refractivity (Wildman–Crippen MR) is 128 cm³/mol. The summed E-state index contributed by atoms with van der Waals surface area (Å²) in [7, 11) is 0. The third-order valence-corrected chi connectivity index (χ3v) is 6.74. The molecule has 6 N–H and O–H groups in total. The average Bonchev–Trinajstić information content (AvgIpc) is 3.43. The second-order valence-electron chi connectivity index (χ2n) is 8.17. The minimum atomic E-state index is -0.208. The summed E-state index contributed by atoms with van der Waals surface area (Å²) >= 11 is 1.14. The molecule has 1 radical (unpaired) electrons. The van der Waals surface area contributed by atoms with Crippen molar-refractivity contribution in [1.29, 1.82) is 0 Å². The van der Waals surface area contributed by atoms with E-state index in [2.05, 4.69) is 21.1 Å². The van der Waals surface area contributed by atoms with E-state index >= 15 is 0 Å². The number of urea groups is 1. The molecule has 3 aliphatic rings. The number of aliphatic imine (C=N–C) groups is 1. The van der Waals surface area contributed by atoms with Gasteiger partial charge in [0.25, 0.3) is 0 Å². The predicted octanol–water partition coefficient (Wildman–Crippen LogP) is 3.14. The van der Waals surface area contributed by atoms with Gasteiger partial charge in [-0.25, -0.2) is 4.79 Å². The van der Waals surface area contributed by atoms with Gasteiger partial charge in [-0.05, 0) is 79.7 Å². The Morgan fingerprint density at radius 2 is 1.68 bits per heavy atom. The van der Waals surface area contributed by atoms with Crippen LogP contribution in [0.3, 0.4) is 0 Å². The van der Waals surface area contributed by atoms with E-state index in [9.17, 15) is 4.79 Å². The summed E-state index contributed by atoms with van der Waals surface area (Å²) in [5.74, 6) is 0. The highest BCUT2D eigenvalue weighted by Gasteiger charge is 2.24. The quantitative estimate of drug-likeness (QED) is 0.272. The van der Waals surface area contributed by atoms with Gasteiger partial charge in [0, 0.05) is 29.9 Å². The molecule has 167 valence electrons. The zero-order valence-corrected chi connectivity index (χ0v) is 18.7. The Kier molecular flexibility index (Phi) is 9.30. The Morgan fingerprint density at radius 3 is 2.29 bits per heavy atom. The molecule has 0 bridgehead atoms. The lowest BCUT2D eigenvalue weighted by Crippen LogP contribution is -2.25. The number of hydrogen-bond acceptors (Lipinski definition) is 6. The van der Waals surface area contributed by atoms with Crippen LogP contribution in [0.1, 0.15) is 67.2 Å². The molecule has 0 atom stereocenters. The normalized spacial score (nSPS) is 18.2. The van der Waals surface area contributed by atoms with Gasteiger partial charge in [-0.1, -0.05) is 25.3 Å². The molecule has 0 unspecified atom stereocenters. The van der Waals surface area contributed by atoms with E-state index in [1.54, 1.807) is 12.3 Å². The second kappa shape index (κ2) is 12.2. The van der Waals surface area contributed by atoms with Crippen LogP contribution in [0.15, 0.2) is 22.2 Å². The zero-order valence-electron chi connectivity index (χ0n) is 17.9. The number of amides is 2. The number of anilines is 1. The molecular weight excluding hydrogens is 411 g/mol. The summed E-state index contributed by atoms with van der Waals surface area (Å²) < 4.78 is 2.81. The van der Waals surface area contributed by atoms with Crippen LogP contribution < -0.4 is 15.8 Å². The number of rotatable bonds is 5. The monoisotopic (exact) mass is 443 g/mol. The Labute approximate surface area is 189 Å². The molecule has 1 fully saturated rings. The van der Waals surface area contributed by atoms with Gasteiger partial charge in [0.1, 0.15) is 0 Å². The first-order chi connectivity index (χ1) is 15.1. The number of nitrogens with two attached hydrogens (primary N) is 1. The molecule has 0 heterocycles. The maximum atomic E-state index is 12.5. The Bertz CT molecular complexity index is 793. The number of carbonyl (C=O) groups excluding carboxylic acids is 1. The van der Waals surface area contributed by atoms with Gasteiger partial charge in [0.15, 0.2) is 0 Å². The first kappa shape index (κ1) is 23.7. The zero-order chi connectivity index (χ0) is 22.1. The second-order valence-corrected chi connectivity index (χ2v) is 9.05. The molecule has 0 aromatic heterocycles. The van der Waals surface area contributed by atoms with Crippen molar-refractivity contribution in [1.82, 2.24) is 4.72 Å². The Morgan fingerprint density at radius 1 is 1.06 bits per heavy atom. The molecule has 3 aliphatic carbocycles. The highest BCUT2D eigenvalue weighted by atomic mass is 32.2. The number of allylic oxidation sites excluding steroid dienone is 1. The third-order valence-electron chi connectivity index (χ3n) is 6.08. The number of benzene rings is 1. The molecule has 4 rings (SSSR count). The van der Waals surface area contributed by atoms with Crippen molar-refractivity contribution in [3.63, 3.8) is 0 Å². The lowest BCUT2D eigenvalue weighted by atomic mass is 9.96. The largest absolute Gasteiger partial charge is 0.482 e. The number of aryl methyl sites for hydroxylation is 2. The van der Waals surface area contributed by atoms with Crippen LogP contribution in [0, 0.1) is 0 Å². The van der Waals surface area contributed by atoms with Crippen LogP contribution in [0.2, 0.25) is 0 Å². The molecule has 0 spiro atoms. The minimum Gasteiger partial charge on any atom is -0.429 e. The van der Waals surface area contributed by atoms with Crippen molar-refractivity contribution in [3.05, 3.63) is 39.4 Å². The van der Waals surface area contributed by atoms with E-state index in [1.165, 1.54) is 67.2 Å². The molecule has 1 saturated carbocycles. The van der Waals surface area contributed by atoms with Crippen molar-refractivity contribution in [2.45, 2.75) is 76.7 Å². The topological polar surface area (TPSA) is 120 Å². The lowest BCUT2D eigenvalue weighted by Gasteiger charge is -2.17. The van der Waals surface area contributed by atoms with Gasteiger partial charge in [-0.3, -0.25) is 9.71 Å². The van der Waals surface area contributed by atoms with E-state index in [0.29, 0.717) is 11.1 Å². The number of nitrogens with zero attached hydrogens (tertiary/aromatic N) is 1. The van der Waals surface area contributed by atoms with E-state index in [4.69, 9.17) is 15.8 Å². The van der Waals surface area contributed by atoms with Crippen LogP contribution in [-0.2, 0) is 25.7 Å². The molecule has 0 aliphatic heterocycles. The van der Waals surface area contributed by atoms with Gasteiger partial charge in [0.05, 0.1) is 5.03 Å². The molecule has 9 heteroatoms. The lowest BCUT2D eigenvalue weighted by molar-refractivity contribution is 0.257. The van der Waals surface area contributed by atoms with E-state index in [0.717, 1.165) is 43.3 Å². The van der Waals surface area contributed by atoms with E-state index in [-0.39, 0.29) is 13.7 Å². The maximum absolute atomic E-state index is 12.5. The number of nitrogens with one attached hydrogen (secondary N) is 2. The van der Waals surface area contributed by atoms with Crippen molar-refractivity contribution >= 4 is 37.6 Å². The first-order valence-corrected chi connectivity index (χ1v) is 11.9. The third kappa shape index (κ3) is 6.76. The van der Waals surface area contributed by atoms with Crippen LogP contribution in [0.25, 0.3) is 0 Å². The molecule has 7 nitrogen and oxygen atoms in total. The van der Waals surface area contributed by atoms with Gasteiger partial charge >= 0.3 is 13.7 Å². The Hall–Kier alpha value is -1.97. The highest BCUT2D eigenvalue weighted by molar-refractivity contribution is 8.01. The average molecular weight is 443 g/mol. The fraction of sp³-hybridized carbons (Fsp3) is 0.545.